The van der Waals surface area contributed by atoms with Crippen LogP contribution in [-0.2, 0) is 16.1 Å². The van der Waals surface area contributed by atoms with E-state index in [0.29, 0.717) is 23.5 Å². The summed E-state index contributed by atoms with van der Waals surface area (Å²) >= 11 is 1.38. The summed E-state index contributed by atoms with van der Waals surface area (Å²) in [5, 5.41) is 2.47. The van der Waals surface area contributed by atoms with E-state index in [0.717, 1.165) is 5.69 Å². The van der Waals surface area contributed by atoms with E-state index >= 15 is 0 Å². The van der Waals surface area contributed by atoms with Gasteiger partial charge in [0.1, 0.15) is 11.6 Å². The largest absolute Gasteiger partial charge is 0.459 e. The van der Waals surface area contributed by atoms with Crippen LogP contribution in [0.1, 0.15) is 31.4 Å². The van der Waals surface area contributed by atoms with Gasteiger partial charge in [0.15, 0.2) is 0 Å². The number of hydrogen-bond donors (Lipinski definition) is 0. The third kappa shape index (κ3) is 4.56. The second kappa shape index (κ2) is 7.51. The number of nitrogens with zero attached hydrogens (tertiary/aromatic N) is 2. The van der Waals surface area contributed by atoms with E-state index in [-0.39, 0.29) is 19.4 Å². The lowest BCUT2D eigenvalue weighted by Crippen LogP contribution is -2.32. The van der Waals surface area contributed by atoms with Crippen LogP contribution in [0.2, 0.25) is 0 Å². The van der Waals surface area contributed by atoms with Crippen molar-refractivity contribution in [1.29, 1.82) is 0 Å². The number of carbonyl (C=O) groups is 1. The standard InChI is InChI=1S/C17H17F3N2O2S/c18-17(19,20)12-5-3-4-11(8-12)16(23)24-9-13-10-25-15(22-13)14-6-1-2-7-21-14/h1-2,6-7,10-12H,3-5,8-9H2. The molecule has 4 nitrogen and oxygen atoms in total. The third-order valence-electron chi connectivity index (χ3n) is 4.27. The molecular weight excluding hydrogens is 353 g/mol. The summed E-state index contributed by atoms with van der Waals surface area (Å²) < 4.78 is 43.7. The van der Waals surface area contributed by atoms with Gasteiger partial charge in [-0.15, -0.1) is 11.3 Å². The van der Waals surface area contributed by atoms with Crippen LogP contribution < -0.4 is 0 Å². The van der Waals surface area contributed by atoms with Gasteiger partial charge < -0.3 is 4.74 Å². The second-order valence-electron chi connectivity index (χ2n) is 6.07. The fraction of sp³-hybridized carbons (Fsp3) is 0.471. The smallest absolute Gasteiger partial charge is 0.391 e. The number of aromatic nitrogens is 2. The fourth-order valence-corrected chi connectivity index (χ4v) is 3.72. The van der Waals surface area contributed by atoms with Gasteiger partial charge in [0, 0.05) is 11.6 Å². The Morgan fingerprint density at radius 2 is 2.16 bits per heavy atom. The van der Waals surface area contributed by atoms with Crippen molar-refractivity contribution in [2.24, 2.45) is 11.8 Å². The van der Waals surface area contributed by atoms with Crippen LogP contribution in [0.3, 0.4) is 0 Å². The highest BCUT2D eigenvalue weighted by molar-refractivity contribution is 7.13. The molecule has 0 aliphatic heterocycles. The van der Waals surface area contributed by atoms with E-state index in [2.05, 4.69) is 9.97 Å². The van der Waals surface area contributed by atoms with Gasteiger partial charge in [0.05, 0.1) is 23.2 Å². The Hall–Kier alpha value is -1.96. The van der Waals surface area contributed by atoms with E-state index in [4.69, 9.17) is 4.74 Å². The number of pyridine rings is 1. The van der Waals surface area contributed by atoms with Crippen LogP contribution in [0.5, 0.6) is 0 Å². The van der Waals surface area contributed by atoms with Crippen molar-refractivity contribution in [2.45, 2.75) is 38.5 Å². The third-order valence-corrected chi connectivity index (χ3v) is 5.18. The molecule has 1 aliphatic rings. The Labute approximate surface area is 147 Å². The average Bonchev–Trinajstić information content (AvgIpc) is 3.09. The highest BCUT2D eigenvalue weighted by atomic mass is 32.1. The minimum absolute atomic E-state index is 0.0324. The molecule has 2 unspecified atom stereocenters. The molecule has 0 amide bonds. The summed E-state index contributed by atoms with van der Waals surface area (Å²) in [5.74, 6) is -2.66. The number of esters is 1. The highest BCUT2D eigenvalue weighted by Crippen LogP contribution is 2.40. The summed E-state index contributed by atoms with van der Waals surface area (Å²) in [4.78, 5) is 20.6. The number of hydrogen-bond acceptors (Lipinski definition) is 5. The number of alkyl halides is 3. The van der Waals surface area contributed by atoms with Crippen molar-refractivity contribution in [1.82, 2.24) is 9.97 Å². The van der Waals surface area contributed by atoms with Crippen LogP contribution in [0.15, 0.2) is 29.8 Å². The Bertz CT molecular complexity index is 718. The molecule has 0 bridgehead atoms. The molecule has 0 aromatic carbocycles. The van der Waals surface area contributed by atoms with Crippen molar-refractivity contribution >= 4 is 17.3 Å². The van der Waals surface area contributed by atoms with E-state index in [1.54, 1.807) is 17.6 Å². The van der Waals surface area contributed by atoms with Gasteiger partial charge in [-0.05, 0) is 31.4 Å². The molecule has 0 spiro atoms. The lowest BCUT2D eigenvalue weighted by atomic mass is 9.81. The zero-order chi connectivity index (χ0) is 17.9. The molecule has 2 atom stereocenters. The van der Waals surface area contributed by atoms with Crippen LogP contribution >= 0.6 is 11.3 Å². The summed E-state index contributed by atoms with van der Waals surface area (Å²) in [6.07, 6.45) is -1.83. The van der Waals surface area contributed by atoms with E-state index in [1.165, 1.54) is 11.3 Å². The normalized spacial score (nSPS) is 21.1. The first-order chi connectivity index (χ1) is 11.9. The zero-order valence-electron chi connectivity index (χ0n) is 13.3. The number of ether oxygens (including phenoxy) is 1. The van der Waals surface area contributed by atoms with Gasteiger partial charge in [0.2, 0.25) is 0 Å². The van der Waals surface area contributed by atoms with Crippen LogP contribution in [0, 0.1) is 11.8 Å². The maximum Gasteiger partial charge on any atom is 0.391 e. The lowest BCUT2D eigenvalue weighted by molar-refractivity contribution is -0.189. The van der Waals surface area contributed by atoms with Gasteiger partial charge >= 0.3 is 12.1 Å². The quantitative estimate of drug-likeness (QED) is 0.737. The van der Waals surface area contributed by atoms with Crippen molar-refractivity contribution < 1.29 is 22.7 Å². The summed E-state index contributed by atoms with van der Waals surface area (Å²) in [6, 6.07) is 5.48. The van der Waals surface area contributed by atoms with Crippen LogP contribution in [0.25, 0.3) is 10.7 Å². The molecule has 1 saturated carbocycles. The zero-order valence-corrected chi connectivity index (χ0v) is 14.1. The Kier molecular flexibility index (Phi) is 5.36. The van der Waals surface area contributed by atoms with Crippen molar-refractivity contribution in [3.05, 3.63) is 35.5 Å². The lowest BCUT2D eigenvalue weighted by Gasteiger charge is -2.29. The average molecular weight is 370 g/mol. The fourth-order valence-electron chi connectivity index (χ4n) is 2.94. The summed E-state index contributed by atoms with van der Waals surface area (Å²) in [5.41, 5.74) is 1.30. The molecule has 25 heavy (non-hydrogen) atoms. The van der Waals surface area contributed by atoms with Crippen molar-refractivity contribution in [3.63, 3.8) is 0 Å². The predicted octanol–water partition coefficient (Wildman–Crippen LogP) is 4.62. The number of thiazole rings is 1. The molecule has 3 rings (SSSR count). The second-order valence-corrected chi connectivity index (χ2v) is 6.93. The van der Waals surface area contributed by atoms with E-state index in [9.17, 15) is 18.0 Å². The number of rotatable bonds is 4. The van der Waals surface area contributed by atoms with Crippen molar-refractivity contribution in [3.8, 4) is 10.7 Å². The molecule has 0 saturated heterocycles. The molecule has 1 aliphatic carbocycles. The molecule has 2 aromatic rings. The molecule has 2 aromatic heterocycles. The van der Waals surface area contributed by atoms with Crippen LogP contribution in [0.4, 0.5) is 13.2 Å². The molecule has 1 fully saturated rings. The first-order valence-electron chi connectivity index (χ1n) is 8.02. The Morgan fingerprint density at radius 1 is 1.32 bits per heavy atom. The summed E-state index contributed by atoms with van der Waals surface area (Å²) in [7, 11) is 0. The molecule has 2 heterocycles. The maximum atomic E-state index is 12.8. The minimum Gasteiger partial charge on any atom is -0.459 e. The molecular formula is C17H17F3N2O2S. The SMILES string of the molecule is O=C(OCc1csc(-c2ccccn2)n1)C1CCCC(C(F)(F)F)C1. The highest BCUT2D eigenvalue weighted by Gasteiger charge is 2.43. The van der Waals surface area contributed by atoms with Crippen molar-refractivity contribution in [2.75, 3.05) is 0 Å². The number of halogens is 3. The minimum atomic E-state index is -4.24. The van der Waals surface area contributed by atoms with Gasteiger partial charge in [-0.3, -0.25) is 9.78 Å². The van der Waals surface area contributed by atoms with E-state index < -0.39 is 24.0 Å². The molecule has 0 radical (unpaired) electrons. The van der Waals surface area contributed by atoms with E-state index in [1.807, 2.05) is 12.1 Å². The van der Waals surface area contributed by atoms with Gasteiger partial charge in [-0.1, -0.05) is 12.5 Å². The molecule has 0 N–H and O–H groups in total. The predicted molar refractivity (Wildman–Crippen MR) is 86.6 cm³/mol. The first kappa shape index (κ1) is 17.8. The van der Waals surface area contributed by atoms with Crippen LogP contribution in [-0.4, -0.2) is 22.1 Å². The molecule has 8 heteroatoms. The van der Waals surface area contributed by atoms with Gasteiger partial charge in [-0.2, -0.15) is 13.2 Å². The first-order valence-corrected chi connectivity index (χ1v) is 8.90. The number of carbonyl (C=O) groups excluding carboxylic acids is 1. The van der Waals surface area contributed by atoms with Gasteiger partial charge in [0.25, 0.3) is 0 Å². The molecule has 134 valence electrons. The monoisotopic (exact) mass is 370 g/mol. The topological polar surface area (TPSA) is 52.1 Å². The maximum absolute atomic E-state index is 12.8. The van der Waals surface area contributed by atoms with Gasteiger partial charge in [-0.25, -0.2) is 4.98 Å². The Morgan fingerprint density at radius 3 is 2.88 bits per heavy atom. The Balaban J connectivity index is 1.55. The summed E-state index contributed by atoms with van der Waals surface area (Å²) in [6.45, 7) is -0.0324.